The van der Waals surface area contributed by atoms with Crippen molar-refractivity contribution in [1.29, 1.82) is 0 Å². The van der Waals surface area contributed by atoms with Crippen molar-refractivity contribution in [2.45, 2.75) is 31.8 Å². The quantitative estimate of drug-likeness (QED) is 0.840. The molecule has 3 heterocycles. The number of hydrogen-bond donors (Lipinski definition) is 0. The molecule has 7 heteroatoms. The van der Waals surface area contributed by atoms with Gasteiger partial charge in [0.2, 0.25) is 5.91 Å². The second-order valence-corrected chi connectivity index (χ2v) is 6.45. The number of halogens is 1. The number of ether oxygens (including phenoxy) is 1. The number of carbonyl (C=O) groups is 1. The zero-order chi connectivity index (χ0) is 16.2. The second-order valence-electron chi connectivity index (χ2n) is 6.45. The van der Waals surface area contributed by atoms with Crippen molar-refractivity contribution in [2.75, 3.05) is 33.2 Å². The fourth-order valence-corrected chi connectivity index (χ4v) is 3.37. The van der Waals surface area contributed by atoms with E-state index in [1.54, 1.807) is 0 Å². The number of hydrogen-bond acceptors (Lipinski definition) is 5. The SMILES string of the molecule is CN1CCCC(C(=O)N2CCCC(Oc3ncc(F)cn3)C2)C1. The summed E-state index contributed by atoms with van der Waals surface area (Å²) >= 11 is 0. The molecule has 1 aromatic heterocycles. The van der Waals surface area contributed by atoms with Gasteiger partial charge in [0.1, 0.15) is 6.10 Å². The topological polar surface area (TPSA) is 58.6 Å². The average Bonchev–Trinajstić information content (AvgIpc) is 2.56. The maximum Gasteiger partial charge on any atom is 0.316 e. The first kappa shape index (κ1) is 16.1. The maximum atomic E-state index is 12.8. The van der Waals surface area contributed by atoms with Crippen LogP contribution in [-0.4, -0.2) is 65.0 Å². The van der Waals surface area contributed by atoms with Crippen LogP contribution in [0.15, 0.2) is 12.4 Å². The molecular weight excluding hydrogens is 299 g/mol. The summed E-state index contributed by atoms with van der Waals surface area (Å²) in [5, 5.41) is 0. The summed E-state index contributed by atoms with van der Waals surface area (Å²) in [4.78, 5) is 24.5. The first-order chi connectivity index (χ1) is 11.1. The van der Waals surface area contributed by atoms with Crippen molar-refractivity contribution in [3.63, 3.8) is 0 Å². The molecule has 3 rings (SSSR count). The molecule has 0 radical (unpaired) electrons. The Labute approximate surface area is 135 Å². The fraction of sp³-hybridized carbons (Fsp3) is 0.688. The molecule has 6 nitrogen and oxygen atoms in total. The number of carbonyl (C=O) groups excluding carboxylic acids is 1. The third kappa shape index (κ3) is 4.16. The van der Waals surface area contributed by atoms with Crippen molar-refractivity contribution in [3.8, 4) is 6.01 Å². The lowest BCUT2D eigenvalue weighted by atomic mass is 9.95. The van der Waals surface area contributed by atoms with Crippen molar-refractivity contribution >= 4 is 5.91 Å². The third-order valence-electron chi connectivity index (χ3n) is 4.53. The number of aromatic nitrogens is 2. The predicted molar refractivity (Wildman–Crippen MR) is 82.4 cm³/mol. The van der Waals surface area contributed by atoms with E-state index in [0.29, 0.717) is 6.54 Å². The molecule has 0 aliphatic carbocycles. The van der Waals surface area contributed by atoms with Crippen LogP contribution < -0.4 is 4.74 Å². The number of likely N-dealkylation sites (tertiary alicyclic amines) is 2. The van der Waals surface area contributed by atoms with Crippen LogP contribution in [0.3, 0.4) is 0 Å². The average molecular weight is 322 g/mol. The fourth-order valence-electron chi connectivity index (χ4n) is 3.37. The van der Waals surface area contributed by atoms with Gasteiger partial charge in [0.25, 0.3) is 0 Å². The van der Waals surface area contributed by atoms with E-state index in [1.807, 2.05) is 4.90 Å². The highest BCUT2D eigenvalue weighted by molar-refractivity contribution is 5.79. The zero-order valence-electron chi connectivity index (χ0n) is 13.4. The molecule has 0 saturated carbocycles. The molecule has 0 spiro atoms. The first-order valence-electron chi connectivity index (χ1n) is 8.23. The molecule has 0 N–H and O–H groups in total. The van der Waals surface area contributed by atoms with Gasteiger partial charge in [-0.15, -0.1) is 0 Å². The number of amides is 1. The standard InChI is InChI=1S/C16H23FN4O2/c1-20-6-2-4-12(10-20)15(22)21-7-3-5-14(11-21)23-16-18-8-13(17)9-19-16/h8-9,12,14H,2-7,10-11H2,1H3. The molecule has 0 bridgehead atoms. The molecular formula is C16H23FN4O2. The van der Waals surface area contributed by atoms with Crippen LogP contribution in [0.5, 0.6) is 6.01 Å². The predicted octanol–water partition coefficient (Wildman–Crippen LogP) is 1.33. The second kappa shape index (κ2) is 7.21. The monoisotopic (exact) mass is 322 g/mol. The molecule has 2 aliphatic heterocycles. The Hall–Kier alpha value is -1.76. The number of piperidine rings is 2. The van der Waals surface area contributed by atoms with Crippen molar-refractivity contribution in [2.24, 2.45) is 5.92 Å². The summed E-state index contributed by atoms with van der Waals surface area (Å²) in [5.41, 5.74) is 0. The lowest BCUT2D eigenvalue weighted by Gasteiger charge is -2.37. The van der Waals surface area contributed by atoms with Crippen molar-refractivity contribution < 1.29 is 13.9 Å². The number of rotatable bonds is 3. The Bertz CT molecular complexity index is 539. The van der Waals surface area contributed by atoms with E-state index in [9.17, 15) is 9.18 Å². The van der Waals surface area contributed by atoms with Gasteiger partial charge in [-0.3, -0.25) is 4.79 Å². The van der Waals surface area contributed by atoms with Crippen LogP contribution in [0.2, 0.25) is 0 Å². The van der Waals surface area contributed by atoms with Crippen LogP contribution in [0, 0.1) is 11.7 Å². The highest BCUT2D eigenvalue weighted by atomic mass is 19.1. The van der Waals surface area contributed by atoms with E-state index in [2.05, 4.69) is 21.9 Å². The summed E-state index contributed by atoms with van der Waals surface area (Å²) in [6.07, 6.45) is 5.85. The van der Waals surface area contributed by atoms with Crippen LogP contribution in [0.25, 0.3) is 0 Å². The van der Waals surface area contributed by atoms with Crippen LogP contribution in [0.1, 0.15) is 25.7 Å². The van der Waals surface area contributed by atoms with Crippen molar-refractivity contribution in [3.05, 3.63) is 18.2 Å². The van der Waals surface area contributed by atoms with E-state index in [1.165, 1.54) is 0 Å². The lowest BCUT2D eigenvalue weighted by Crippen LogP contribution is -2.49. The van der Waals surface area contributed by atoms with E-state index in [0.717, 1.165) is 57.7 Å². The van der Waals surface area contributed by atoms with Gasteiger partial charge in [-0.05, 0) is 39.3 Å². The number of nitrogens with zero attached hydrogens (tertiary/aromatic N) is 4. The minimum absolute atomic E-state index is 0.0922. The van der Waals surface area contributed by atoms with Crippen molar-refractivity contribution in [1.82, 2.24) is 19.8 Å². The van der Waals surface area contributed by atoms with Crippen LogP contribution in [0.4, 0.5) is 4.39 Å². The maximum absolute atomic E-state index is 12.8. The van der Waals surface area contributed by atoms with E-state index >= 15 is 0 Å². The summed E-state index contributed by atoms with van der Waals surface area (Å²) in [6.45, 7) is 3.24. The molecule has 23 heavy (non-hydrogen) atoms. The molecule has 2 saturated heterocycles. The molecule has 126 valence electrons. The normalized spacial score (nSPS) is 26.1. The van der Waals surface area contributed by atoms with Gasteiger partial charge in [-0.1, -0.05) is 0 Å². The van der Waals surface area contributed by atoms with Crippen LogP contribution in [-0.2, 0) is 4.79 Å². The highest BCUT2D eigenvalue weighted by Gasteiger charge is 2.31. The molecule has 2 atom stereocenters. The third-order valence-corrected chi connectivity index (χ3v) is 4.53. The van der Waals surface area contributed by atoms with Gasteiger partial charge in [-0.2, -0.15) is 0 Å². The molecule has 0 aromatic carbocycles. The smallest absolute Gasteiger partial charge is 0.316 e. The van der Waals surface area contributed by atoms with Gasteiger partial charge < -0.3 is 14.5 Å². The van der Waals surface area contributed by atoms with E-state index < -0.39 is 5.82 Å². The molecule has 1 aromatic rings. The molecule has 2 unspecified atom stereocenters. The lowest BCUT2D eigenvalue weighted by molar-refractivity contribution is -0.139. The van der Waals surface area contributed by atoms with Gasteiger partial charge in [0.15, 0.2) is 5.82 Å². The van der Waals surface area contributed by atoms with Gasteiger partial charge in [0, 0.05) is 13.1 Å². The Balaban J connectivity index is 1.57. The Morgan fingerprint density at radius 2 is 1.96 bits per heavy atom. The first-order valence-corrected chi connectivity index (χ1v) is 8.23. The Morgan fingerprint density at radius 1 is 1.22 bits per heavy atom. The summed E-state index contributed by atoms with van der Waals surface area (Å²) in [6, 6.07) is 0.170. The summed E-state index contributed by atoms with van der Waals surface area (Å²) < 4.78 is 18.5. The minimum Gasteiger partial charge on any atom is -0.458 e. The Morgan fingerprint density at radius 3 is 2.70 bits per heavy atom. The zero-order valence-corrected chi connectivity index (χ0v) is 13.4. The molecule has 2 fully saturated rings. The molecule has 1 amide bonds. The van der Waals surface area contributed by atoms with Gasteiger partial charge in [-0.25, -0.2) is 14.4 Å². The largest absolute Gasteiger partial charge is 0.458 e. The van der Waals surface area contributed by atoms with E-state index in [4.69, 9.17) is 4.74 Å². The highest BCUT2D eigenvalue weighted by Crippen LogP contribution is 2.21. The Kier molecular flexibility index (Phi) is 5.05. The van der Waals surface area contributed by atoms with Gasteiger partial charge >= 0.3 is 6.01 Å². The minimum atomic E-state index is -0.487. The summed E-state index contributed by atoms with van der Waals surface area (Å²) in [7, 11) is 2.06. The molecule has 2 aliphatic rings. The van der Waals surface area contributed by atoms with E-state index in [-0.39, 0.29) is 23.9 Å². The summed E-state index contributed by atoms with van der Waals surface area (Å²) in [5.74, 6) is -0.168. The van der Waals surface area contributed by atoms with Gasteiger partial charge in [0.05, 0.1) is 24.9 Å². The van der Waals surface area contributed by atoms with Crippen LogP contribution >= 0.6 is 0 Å².